The van der Waals surface area contributed by atoms with Crippen molar-refractivity contribution in [3.05, 3.63) is 69.1 Å². The largest absolute Gasteiger partial charge is 0.464 e. The predicted octanol–water partition coefficient (Wildman–Crippen LogP) is 2.53. The van der Waals surface area contributed by atoms with Crippen LogP contribution in [0.4, 0.5) is 5.69 Å². The third-order valence-corrected chi connectivity index (χ3v) is 6.13. The van der Waals surface area contributed by atoms with Gasteiger partial charge in [0.25, 0.3) is 17.7 Å². The maximum atomic E-state index is 13.7. The van der Waals surface area contributed by atoms with E-state index in [0.29, 0.717) is 16.3 Å². The van der Waals surface area contributed by atoms with Crippen LogP contribution < -0.4 is 16.8 Å². The van der Waals surface area contributed by atoms with Gasteiger partial charge in [-0.3, -0.25) is 14.4 Å². The van der Waals surface area contributed by atoms with Gasteiger partial charge in [0, 0.05) is 25.2 Å². The van der Waals surface area contributed by atoms with E-state index in [-0.39, 0.29) is 41.7 Å². The predicted molar refractivity (Wildman–Crippen MR) is 127 cm³/mol. The normalized spacial score (nSPS) is 11.7. The Bertz CT molecular complexity index is 1190. The number of benzene rings is 1. The highest BCUT2D eigenvalue weighted by Gasteiger charge is 2.37. The number of ether oxygens (including phenoxy) is 1. The molecule has 0 fully saturated rings. The number of aromatic nitrogens is 1. The summed E-state index contributed by atoms with van der Waals surface area (Å²) >= 11 is 7.08. The molecular formula is C22H24ClN5O5S. The minimum atomic E-state index is -1.17. The van der Waals surface area contributed by atoms with E-state index in [1.165, 1.54) is 12.0 Å². The van der Waals surface area contributed by atoms with E-state index >= 15 is 0 Å². The van der Waals surface area contributed by atoms with Gasteiger partial charge in [0.05, 0.1) is 12.3 Å². The number of amides is 3. The Morgan fingerprint density at radius 3 is 2.59 bits per heavy atom. The first kappa shape index (κ1) is 25.2. The molecule has 1 aromatic carbocycles. The molecule has 2 heterocycles. The summed E-state index contributed by atoms with van der Waals surface area (Å²) in [5.41, 5.74) is 11.6. The number of carbonyl (C=O) groups is 3. The zero-order valence-electron chi connectivity index (χ0n) is 18.5. The van der Waals surface area contributed by atoms with Crippen LogP contribution in [0.3, 0.4) is 0 Å². The van der Waals surface area contributed by atoms with Crippen molar-refractivity contribution in [3.63, 3.8) is 0 Å². The summed E-state index contributed by atoms with van der Waals surface area (Å²) in [7, 11) is 1.51. The molecule has 3 rings (SSSR count). The highest BCUT2D eigenvalue weighted by atomic mass is 35.5. The van der Waals surface area contributed by atoms with Crippen molar-refractivity contribution in [1.82, 2.24) is 14.6 Å². The number of nitrogens with two attached hydrogens (primary N) is 2. The van der Waals surface area contributed by atoms with E-state index in [4.69, 9.17) is 32.2 Å². The number of primary amides is 1. The van der Waals surface area contributed by atoms with Crippen LogP contribution >= 0.6 is 23.1 Å². The van der Waals surface area contributed by atoms with E-state index in [9.17, 15) is 14.4 Å². The Morgan fingerprint density at radius 2 is 2.00 bits per heavy atom. The maximum Gasteiger partial charge on any atom is 0.270 e. The summed E-state index contributed by atoms with van der Waals surface area (Å²) in [5, 5.41) is 3.16. The minimum absolute atomic E-state index is 0.0289. The molecule has 180 valence electrons. The van der Waals surface area contributed by atoms with Crippen LogP contribution in [0.15, 0.2) is 40.8 Å². The summed E-state index contributed by atoms with van der Waals surface area (Å²) in [4.78, 5) is 39.9. The fourth-order valence-corrected chi connectivity index (χ4v) is 4.20. The zero-order chi connectivity index (χ0) is 24.8. The molecular weight excluding hydrogens is 482 g/mol. The molecule has 3 aromatic rings. The lowest BCUT2D eigenvalue weighted by Gasteiger charge is -2.30. The lowest BCUT2D eigenvalue weighted by molar-refractivity contribution is -0.126. The van der Waals surface area contributed by atoms with E-state index < -0.39 is 23.8 Å². The van der Waals surface area contributed by atoms with Gasteiger partial charge in [0.1, 0.15) is 16.4 Å². The minimum Gasteiger partial charge on any atom is -0.464 e. The van der Waals surface area contributed by atoms with Gasteiger partial charge in [-0.2, -0.15) is 4.37 Å². The molecule has 0 aliphatic heterocycles. The number of nitrogens with one attached hydrogen (secondary N) is 1. The summed E-state index contributed by atoms with van der Waals surface area (Å²) in [5.74, 6) is -1.19. The fraction of sp³-hybridized carbons (Fsp3) is 0.273. The molecule has 34 heavy (non-hydrogen) atoms. The molecule has 0 bridgehead atoms. The summed E-state index contributed by atoms with van der Waals surface area (Å²) in [6.07, 6.45) is 0. The molecule has 1 atom stereocenters. The fourth-order valence-electron chi connectivity index (χ4n) is 3.25. The van der Waals surface area contributed by atoms with Gasteiger partial charge in [-0.05, 0) is 42.2 Å². The Morgan fingerprint density at radius 1 is 1.26 bits per heavy atom. The van der Waals surface area contributed by atoms with Crippen LogP contribution in [0.25, 0.3) is 0 Å². The Labute approximate surface area is 205 Å². The lowest BCUT2D eigenvalue weighted by Crippen LogP contribution is -2.44. The number of methoxy groups -OCH3 is 1. The van der Waals surface area contributed by atoms with Crippen LogP contribution in [-0.4, -0.2) is 47.3 Å². The van der Waals surface area contributed by atoms with Crippen LogP contribution in [-0.2, 0) is 16.1 Å². The molecule has 0 saturated carbocycles. The zero-order valence-corrected chi connectivity index (χ0v) is 20.1. The number of aryl methyl sites for hydroxylation is 1. The Balaban J connectivity index is 2.10. The monoisotopic (exact) mass is 505 g/mol. The molecule has 3 amide bonds. The van der Waals surface area contributed by atoms with E-state index in [1.54, 1.807) is 43.3 Å². The number of carbonyl (C=O) groups excluding carboxylic acids is 3. The number of nitrogen functional groups attached to an aromatic ring is 1. The molecule has 0 saturated heterocycles. The number of halogens is 1. The molecule has 2 aromatic heterocycles. The summed E-state index contributed by atoms with van der Waals surface area (Å²) < 4.78 is 14.7. The van der Waals surface area contributed by atoms with Gasteiger partial charge in [0.15, 0.2) is 11.7 Å². The van der Waals surface area contributed by atoms with Crippen molar-refractivity contribution >= 4 is 46.5 Å². The lowest BCUT2D eigenvalue weighted by atomic mass is 10.1. The molecule has 0 aliphatic carbocycles. The van der Waals surface area contributed by atoms with Gasteiger partial charge >= 0.3 is 0 Å². The van der Waals surface area contributed by atoms with Gasteiger partial charge in [0.2, 0.25) is 0 Å². The topological polar surface area (TPSA) is 154 Å². The van der Waals surface area contributed by atoms with Gasteiger partial charge in [-0.15, -0.1) is 0 Å². The number of rotatable bonds is 10. The van der Waals surface area contributed by atoms with Crippen LogP contribution in [0.5, 0.6) is 0 Å². The average molecular weight is 506 g/mol. The number of anilines is 1. The van der Waals surface area contributed by atoms with Crippen LogP contribution in [0, 0.1) is 6.92 Å². The maximum absolute atomic E-state index is 13.7. The SMILES string of the molecule is COCCNC(=O)[C@H](c1ccc(C)o1)N(Cc1ccccc1Cl)C(=O)c1snc(C(N)=O)c1N. The molecule has 0 aliphatic rings. The Kier molecular flexibility index (Phi) is 8.26. The molecule has 0 spiro atoms. The quantitative estimate of drug-likeness (QED) is 0.357. The third kappa shape index (κ3) is 5.56. The number of hydrogen-bond donors (Lipinski definition) is 3. The van der Waals surface area contributed by atoms with Gasteiger partial charge in [-0.1, -0.05) is 29.8 Å². The van der Waals surface area contributed by atoms with Crippen molar-refractivity contribution in [1.29, 1.82) is 0 Å². The van der Waals surface area contributed by atoms with E-state index in [1.807, 2.05) is 0 Å². The second-order valence-electron chi connectivity index (χ2n) is 7.30. The highest BCUT2D eigenvalue weighted by Crippen LogP contribution is 2.32. The molecule has 5 N–H and O–H groups in total. The Hall–Kier alpha value is -3.41. The van der Waals surface area contributed by atoms with Crippen molar-refractivity contribution in [2.24, 2.45) is 5.73 Å². The first-order valence-corrected chi connectivity index (χ1v) is 11.3. The summed E-state index contributed by atoms with van der Waals surface area (Å²) in [6.45, 7) is 2.17. The molecule has 0 radical (unpaired) electrons. The van der Waals surface area contributed by atoms with Crippen molar-refractivity contribution in [2.45, 2.75) is 19.5 Å². The molecule has 10 nitrogen and oxygen atoms in total. The second kappa shape index (κ2) is 11.1. The number of hydrogen-bond acceptors (Lipinski definition) is 8. The van der Waals surface area contributed by atoms with E-state index in [2.05, 4.69) is 9.69 Å². The summed E-state index contributed by atoms with van der Waals surface area (Å²) in [6, 6.07) is 9.07. The van der Waals surface area contributed by atoms with Crippen LogP contribution in [0.1, 0.15) is 43.3 Å². The first-order valence-electron chi connectivity index (χ1n) is 10.2. The second-order valence-corrected chi connectivity index (χ2v) is 8.48. The highest BCUT2D eigenvalue weighted by molar-refractivity contribution is 7.09. The standard InChI is InChI=1S/C22H24ClN5O5S/c1-12-7-8-15(33-12)18(21(30)26-9-10-32-2)28(11-13-5-3-4-6-14(13)23)22(31)19-16(24)17(20(25)29)27-34-19/h3-8,18H,9-11,24H2,1-2H3,(H2,25,29)(H,26,30)/t18-/m0/s1. The first-order chi connectivity index (χ1) is 16.2. The van der Waals surface area contributed by atoms with Gasteiger partial charge < -0.3 is 30.8 Å². The van der Waals surface area contributed by atoms with E-state index in [0.717, 1.165) is 11.5 Å². The molecule has 0 unspecified atom stereocenters. The van der Waals surface area contributed by atoms with Gasteiger partial charge in [-0.25, -0.2) is 0 Å². The average Bonchev–Trinajstić information content (AvgIpc) is 3.40. The van der Waals surface area contributed by atoms with Crippen molar-refractivity contribution in [2.75, 3.05) is 26.0 Å². The van der Waals surface area contributed by atoms with Crippen LogP contribution in [0.2, 0.25) is 5.02 Å². The smallest absolute Gasteiger partial charge is 0.270 e. The van der Waals surface area contributed by atoms with Crippen molar-refractivity contribution in [3.8, 4) is 0 Å². The molecule has 12 heteroatoms. The number of furan rings is 1. The van der Waals surface area contributed by atoms with Crippen molar-refractivity contribution < 1.29 is 23.5 Å². The third-order valence-electron chi connectivity index (χ3n) is 4.91. The number of nitrogens with zero attached hydrogens (tertiary/aromatic N) is 2.